The first kappa shape index (κ1) is 30.6. The van der Waals surface area contributed by atoms with Crippen molar-refractivity contribution in [2.75, 3.05) is 23.7 Å². The van der Waals surface area contributed by atoms with Gasteiger partial charge in [0.2, 0.25) is 0 Å². The van der Waals surface area contributed by atoms with Crippen molar-refractivity contribution in [3.8, 4) is 44.5 Å². The summed E-state index contributed by atoms with van der Waals surface area (Å²) in [6.07, 6.45) is 3.92. The second-order valence-corrected chi connectivity index (χ2v) is 14.2. The summed E-state index contributed by atoms with van der Waals surface area (Å²) in [5.41, 5.74) is 13.8. The molecule has 0 radical (unpaired) electrons. The summed E-state index contributed by atoms with van der Waals surface area (Å²) >= 11 is 0. The van der Waals surface area contributed by atoms with Gasteiger partial charge in [0.1, 0.15) is 0 Å². The fourth-order valence-electron chi connectivity index (χ4n) is 8.53. The van der Waals surface area contributed by atoms with Crippen molar-refractivity contribution >= 4 is 78.3 Å². The molecule has 9 aromatic carbocycles. The molecule has 0 bridgehead atoms. The van der Waals surface area contributed by atoms with Crippen molar-refractivity contribution in [1.82, 2.24) is 0 Å². The zero-order valence-corrected chi connectivity index (χ0v) is 29.5. The van der Waals surface area contributed by atoms with Gasteiger partial charge >= 0.3 is 0 Å². The van der Waals surface area contributed by atoms with E-state index in [0.717, 1.165) is 35.8 Å². The number of nitrogens with one attached hydrogen (secondary N) is 2. The maximum atomic E-state index is 4.83. The van der Waals surface area contributed by atoms with E-state index in [9.17, 15) is 0 Å². The van der Waals surface area contributed by atoms with Gasteiger partial charge in [0.25, 0.3) is 0 Å². The maximum absolute atomic E-state index is 4.83. The van der Waals surface area contributed by atoms with E-state index >= 15 is 0 Å². The lowest BCUT2D eigenvalue weighted by atomic mass is 9.92. The predicted molar refractivity (Wildman–Crippen MR) is 231 cm³/mol. The van der Waals surface area contributed by atoms with Crippen LogP contribution in [0.5, 0.6) is 0 Å². The average Bonchev–Trinajstić information content (AvgIpc) is 3.26. The van der Waals surface area contributed by atoms with E-state index < -0.39 is 0 Å². The van der Waals surface area contributed by atoms with Crippen molar-refractivity contribution in [3.63, 3.8) is 0 Å². The molecule has 254 valence electrons. The summed E-state index contributed by atoms with van der Waals surface area (Å²) in [5.74, 6) is 0. The van der Waals surface area contributed by atoms with Crippen LogP contribution in [0.4, 0.5) is 22.7 Å². The average molecular weight is 691 g/mol. The van der Waals surface area contributed by atoms with Gasteiger partial charge in [0.15, 0.2) is 0 Å². The first-order valence-corrected chi connectivity index (χ1v) is 18.6. The second-order valence-electron chi connectivity index (χ2n) is 14.2. The molecule has 4 heteroatoms. The standard InChI is InChI=1S/C50H34N4/c1-3-16-41-39(14-1)45-29-37(18-20-43(45)49-47(41)51-22-24-53-49)35-12-6-10-33(27-35)31-8-5-9-32(26-31)34-11-7-13-36(28-34)38-19-21-44-46(30-38)40-15-2-4-17-42(40)48-50(44)54-25-23-52-48/h1-22,25-30,52-53H,23-24H2. The third kappa shape index (κ3) is 4.91. The van der Waals surface area contributed by atoms with E-state index in [1.807, 2.05) is 12.4 Å². The van der Waals surface area contributed by atoms with Gasteiger partial charge in [0.05, 0.1) is 35.8 Å². The number of fused-ring (bicyclic) bond motifs is 12. The lowest BCUT2D eigenvalue weighted by Gasteiger charge is -2.19. The van der Waals surface area contributed by atoms with Crippen molar-refractivity contribution in [2.24, 2.45) is 9.98 Å². The summed E-state index contributed by atoms with van der Waals surface area (Å²) in [6, 6.07) is 57.6. The topological polar surface area (TPSA) is 48.8 Å². The van der Waals surface area contributed by atoms with Gasteiger partial charge in [-0.15, -0.1) is 0 Å². The Balaban J connectivity index is 0.957. The van der Waals surface area contributed by atoms with Crippen LogP contribution in [0.2, 0.25) is 0 Å². The monoisotopic (exact) mass is 690 g/mol. The van der Waals surface area contributed by atoms with E-state index in [2.05, 4.69) is 168 Å². The summed E-state index contributed by atoms with van der Waals surface area (Å²) in [5, 5.41) is 16.8. The molecule has 0 spiro atoms. The minimum absolute atomic E-state index is 0.740. The Bertz CT molecular complexity index is 3060. The largest absolute Gasteiger partial charge is 0.378 e. The Morgan fingerprint density at radius 1 is 0.296 bits per heavy atom. The molecule has 9 aromatic rings. The molecule has 0 fully saturated rings. The molecule has 2 N–H and O–H groups in total. The van der Waals surface area contributed by atoms with Gasteiger partial charge in [-0.2, -0.15) is 0 Å². The third-order valence-corrected chi connectivity index (χ3v) is 11.1. The molecule has 0 saturated carbocycles. The van der Waals surface area contributed by atoms with E-state index in [0.29, 0.717) is 0 Å². The van der Waals surface area contributed by atoms with Crippen molar-refractivity contribution in [1.29, 1.82) is 0 Å². The lowest BCUT2D eigenvalue weighted by molar-refractivity contribution is 1.36. The van der Waals surface area contributed by atoms with Crippen LogP contribution in [0.25, 0.3) is 87.6 Å². The van der Waals surface area contributed by atoms with Crippen molar-refractivity contribution in [2.45, 2.75) is 0 Å². The Hall–Kier alpha value is -7.04. The van der Waals surface area contributed by atoms with E-state index in [1.54, 1.807) is 0 Å². The normalized spacial score (nSPS) is 13.2. The molecular formula is C50H34N4. The molecule has 11 rings (SSSR count). The highest BCUT2D eigenvalue weighted by Gasteiger charge is 2.18. The number of nitrogens with zero attached hydrogens (tertiary/aromatic N) is 2. The SMILES string of the molecule is C1=Nc2c(c3ccccc3c3cc(-c4cccc(-c5cccc(-c6cccc(-c7ccc8c9c(c%10ccccc%10c8c7)N=CCN9)c6)c5)c4)ccc23)NC1. The van der Waals surface area contributed by atoms with Crippen LogP contribution in [0, 0.1) is 0 Å². The minimum Gasteiger partial charge on any atom is -0.378 e. The van der Waals surface area contributed by atoms with Crippen LogP contribution in [0.1, 0.15) is 0 Å². The van der Waals surface area contributed by atoms with Gasteiger partial charge < -0.3 is 10.6 Å². The van der Waals surface area contributed by atoms with Gasteiger partial charge in [0, 0.05) is 34.0 Å². The molecule has 2 heterocycles. The van der Waals surface area contributed by atoms with Crippen LogP contribution >= 0.6 is 0 Å². The van der Waals surface area contributed by atoms with Crippen molar-refractivity contribution in [3.05, 3.63) is 158 Å². The highest BCUT2D eigenvalue weighted by molar-refractivity contribution is 6.22. The Morgan fingerprint density at radius 3 is 1.15 bits per heavy atom. The molecule has 0 atom stereocenters. The molecule has 2 aliphatic rings. The molecule has 4 nitrogen and oxygen atoms in total. The molecule has 0 aliphatic carbocycles. The van der Waals surface area contributed by atoms with Crippen LogP contribution in [-0.4, -0.2) is 25.5 Å². The van der Waals surface area contributed by atoms with Gasteiger partial charge in [-0.25, -0.2) is 0 Å². The number of rotatable bonds is 4. The number of anilines is 2. The molecular weight excluding hydrogens is 657 g/mol. The van der Waals surface area contributed by atoms with Crippen LogP contribution < -0.4 is 10.6 Å². The Kier molecular flexibility index (Phi) is 6.96. The summed E-state index contributed by atoms with van der Waals surface area (Å²) in [4.78, 5) is 9.61. The molecule has 2 aliphatic heterocycles. The van der Waals surface area contributed by atoms with Crippen molar-refractivity contribution < 1.29 is 0 Å². The number of benzene rings is 9. The summed E-state index contributed by atoms with van der Waals surface area (Å²) < 4.78 is 0. The number of hydrogen-bond donors (Lipinski definition) is 2. The predicted octanol–water partition coefficient (Wildman–Crippen LogP) is 13.2. The molecule has 0 amide bonds. The zero-order valence-electron chi connectivity index (χ0n) is 29.5. The first-order chi connectivity index (χ1) is 26.8. The molecule has 0 aromatic heterocycles. The highest BCUT2D eigenvalue weighted by atomic mass is 15.0. The van der Waals surface area contributed by atoms with E-state index in [4.69, 9.17) is 9.98 Å². The third-order valence-electron chi connectivity index (χ3n) is 11.1. The van der Waals surface area contributed by atoms with Gasteiger partial charge in [-0.05, 0) is 96.4 Å². The van der Waals surface area contributed by atoms with Gasteiger partial charge in [-0.3, -0.25) is 9.98 Å². The molecule has 0 unspecified atom stereocenters. The Labute approximate surface area is 313 Å². The fraction of sp³-hybridized carbons (Fsp3) is 0.0400. The van der Waals surface area contributed by atoms with Crippen LogP contribution in [0.3, 0.4) is 0 Å². The van der Waals surface area contributed by atoms with Gasteiger partial charge in [-0.1, -0.05) is 127 Å². The molecule has 0 saturated heterocycles. The first-order valence-electron chi connectivity index (χ1n) is 18.6. The molecule has 54 heavy (non-hydrogen) atoms. The lowest BCUT2D eigenvalue weighted by Crippen LogP contribution is -2.07. The highest BCUT2D eigenvalue weighted by Crippen LogP contribution is 2.46. The minimum atomic E-state index is 0.740. The van der Waals surface area contributed by atoms with E-state index in [1.165, 1.54) is 87.6 Å². The zero-order chi connectivity index (χ0) is 35.6. The quantitative estimate of drug-likeness (QED) is 0.181. The van der Waals surface area contributed by atoms with Crippen LogP contribution in [0.15, 0.2) is 168 Å². The summed E-state index contributed by atoms with van der Waals surface area (Å²) in [7, 11) is 0. The Morgan fingerprint density at radius 2 is 0.648 bits per heavy atom. The number of hydrogen-bond acceptors (Lipinski definition) is 4. The van der Waals surface area contributed by atoms with Crippen LogP contribution in [-0.2, 0) is 0 Å². The fourth-order valence-corrected chi connectivity index (χ4v) is 8.53. The smallest absolute Gasteiger partial charge is 0.0942 e. The summed E-state index contributed by atoms with van der Waals surface area (Å²) in [6.45, 7) is 1.49. The second kappa shape index (κ2) is 12.3. The maximum Gasteiger partial charge on any atom is 0.0942 e. The van der Waals surface area contributed by atoms with E-state index in [-0.39, 0.29) is 0 Å². The number of aliphatic imine (C=N–C) groups is 2.